The lowest BCUT2D eigenvalue weighted by atomic mass is 9.82. The first kappa shape index (κ1) is 21.0. The van der Waals surface area contributed by atoms with E-state index in [2.05, 4.69) is 0 Å². The van der Waals surface area contributed by atoms with Crippen LogP contribution in [-0.2, 0) is 23.9 Å². The highest BCUT2D eigenvalue weighted by molar-refractivity contribution is 8.00. The van der Waals surface area contributed by atoms with E-state index < -0.39 is 28.0 Å². The quantitative estimate of drug-likeness (QED) is 0.549. The van der Waals surface area contributed by atoms with Crippen molar-refractivity contribution in [3.63, 3.8) is 0 Å². The molecule has 0 N–H and O–H groups in total. The highest BCUT2D eigenvalue weighted by Crippen LogP contribution is 2.50. The Kier molecular flexibility index (Phi) is 5.38. The Bertz CT molecular complexity index is 670. The fourth-order valence-corrected chi connectivity index (χ4v) is 4.58. The number of nitrogens with zero attached hydrogens (tertiary/aromatic N) is 1. The Morgan fingerprint density at radius 2 is 1.81 bits per heavy atom. The fourth-order valence-electron chi connectivity index (χ4n) is 3.14. The van der Waals surface area contributed by atoms with Crippen LogP contribution in [0.2, 0.25) is 0 Å². The first-order valence-electron chi connectivity index (χ1n) is 8.71. The number of methoxy groups -OCH3 is 1. The maximum Gasteiger partial charge on any atom is 0.309 e. The van der Waals surface area contributed by atoms with Gasteiger partial charge in [-0.15, -0.1) is 11.8 Å². The number of ether oxygens (including phenoxy) is 2. The van der Waals surface area contributed by atoms with Crippen molar-refractivity contribution in [2.75, 3.05) is 12.9 Å². The number of ketones is 1. The number of rotatable bonds is 4. The second-order valence-electron chi connectivity index (χ2n) is 8.90. The van der Waals surface area contributed by atoms with Crippen molar-refractivity contribution in [2.45, 2.75) is 71.5 Å². The largest absolute Gasteiger partial charge is 0.460 e. The smallest absolute Gasteiger partial charge is 0.309 e. The first-order valence-corrected chi connectivity index (χ1v) is 9.76. The van der Waals surface area contributed by atoms with Gasteiger partial charge in [-0.3, -0.25) is 19.3 Å². The van der Waals surface area contributed by atoms with Gasteiger partial charge in [-0.25, -0.2) is 0 Å². The minimum atomic E-state index is -1.28. The number of hydrogen-bond acceptors (Lipinski definition) is 6. The van der Waals surface area contributed by atoms with Crippen LogP contribution in [0.15, 0.2) is 11.3 Å². The van der Waals surface area contributed by atoms with E-state index in [9.17, 15) is 14.4 Å². The summed E-state index contributed by atoms with van der Waals surface area (Å²) in [6.45, 7) is 12.7. The van der Waals surface area contributed by atoms with E-state index in [4.69, 9.17) is 9.47 Å². The lowest BCUT2D eigenvalue weighted by molar-refractivity contribution is -0.192. The molecule has 0 spiro atoms. The van der Waals surface area contributed by atoms with Crippen LogP contribution in [0.3, 0.4) is 0 Å². The molecule has 1 saturated heterocycles. The Morgan fingerprint density at radius 1 is 1.23 bits per heavy atom. The van der Waals surface area contributed by atoms with E-state index in [1.54, 1.807) is 20.8 Å². The van der Waals surface area contributed by atoms with Crippen molar-refractivity contribution in [2.24, 2.45) is 5.41 Å². The summed E-state index contributed by atoms with van der Waals surface area (Å²) in [6.07, 6.45) is -0.163. The van der Waals surface area contributed by atoms with Crippen LogP contribution in [0.1, 0.15) is 54.9 Å². The van der Waals surface area contributed by atoms with E-state index in [1.165, 1.54) is 23.8 Å². The summed E-state index contributed by atoms with van der Waals surface area (Å²) in [5.41, 5.74) is -1.19. The Labute approximate surface area is 159 Å². The number of fused-ring (bicyclic) bond motifs is 1. The van der Waals surface area contributed by atoms with Gasteiger partial charge in [0.2, 0.25) is 0 Å². The van der Waals surface area contributed by atoms with Crippen LogP contribution in [0, 0.1) is 5.41 Å². The van der Waals surface area contributed by atoms with Gasteiger partial charge in [-0.1, -0.05) is 20.8 Å². The fraction of sp³-hybridized carbons (Fsp3) is 0.737. The summed E-state index contributed by atoms with van der Waals surface area (Å²) < 4.78 is 10.9. The Balaban J connectivity index is 2.31. The maximum absolute atomic E-state index is 13.0. The lowest BCUT2D eigenvalue weighted by Crippen LogP contribution is -2.75. The lowest BCUT2D eigenvalue weighted by Gasteiger charge is -2.56. The third-order valence-electron chi connectivity index (χ3n) is 4.40. The zero-order valence-corrected chi connectivity index (χ0v) is 17.7. The number of carbonyl (C=O) groups is 3. The van der Waals surface area contributed by atoms with Crippen molar-refractivity contribution in [1.82, 2.24) is 4.90 Å². The van der Waals surface area contributed by atoms with Crippen molar-refractivity contribution >= 4 is 29.4 Å². The minimum Gasteiger partial charge on any atom is -0.460 e. The molecule has 146 valence electrons. The summed E-state index contributed by atoms with van der Waals surface area (Å²) in [5, 5.41) is -0.405. The predicted molar refractivity (Wildman–Crippen MR) is 100 cm³/mol. The second kappa shape index (κ2) is 6.68. The van der Waals surface area contributed by atoms with Crippen LogP contribution in [0.5, 0.6) is 0 Å². The van der Waals surface area contributed by atoms with Crippen LogP contribution < -0.4 is 0 Å². The molecule has 26 heavy (non-hydrogen) atoms. The van der Waals surface area contributed by atoms with E-state index in [1.807, 2.05) is 27.7 Å². The monoisotopic (exact) mass is 383 g/mol. The number of Topliss-reactive ketones (excluding diaryl/α,β-unsaturated/α-hetero) is 1. The normalized spacial score (nSPS) is 26.4. The third-order valence-corrected chi connectivity index (χ3v) is 5.91. The molecule has 0 aromatic carbocycles. The molecule has 1 amide bonds. The molecule has 2 aliphatic rings. The average Bonchev–Trinajstić information content (AvgIpc) is 2.48. The average molecular weight is 384 g/mol. The van der Waals surface area contributed by atoms with Crippen molar-refractivity contribution in [3.05, 3.63) is 11.3 Å². The van der Waals surface area contributed by atoms with Gasteiger partial charge in [0, 0.05) is 18.3 Å². The molecule has 0 unspecified atom stereocenters. The Hall–Kier alpha value is -1.34. The van der Waals surface area contributed by atoms with Crippen LogP contribution >= 0.6 is 11.8 Å². The van der Waals surface area contributed by atoms with Gasteiger partial charge >= 0.3 is 5.97 Å². The molecule has 2 rings (SSSR count). The predicted octanol–water partition coefficient (Wildman–Crippen LogP) is 2.91. The summed E-state index contributed by atoms with van der Waals surface area (Å²) in [5.74, 6) is -0.293. The molecule has 0 bridgehead atoms. The number of carbonyl (C=O) groups excluding carboxylic acids is 3. The molecule has 0 aliphatic carbocycles. The van der Waals surface area contributed by atoms with Gasteiger partial charge in [-0.2, -0.15) is 0 Å². The zero-order chi connectivity index (χ0) is 20.1. The minimum absolute atomic E-state index is 0.0735. The van der Waals surface area contributed by atoms with Gasteiger partial charge in [0.15, 0.2) is 11.4 Å². The van der Waals surface area contributed by atoms with Gasteiger partial charge in [0.25, 0.3) is 5.91 Å². The Morgan fingerprint density at radius 3 is 2.27 bits per heavy atom. The maximum atomic E-state index is 13.0. The van der Waals surface area contributed by atoms with Crippen molar-refractivity contribution < 1.29 is 23.9 Å². The number of amides is 1. The number of allylic oxidation sites excluding steroid dienone is 1. The summed E-state index contributed by atoms with van der Waals surface area (Å²) in [4.78, 5) is 39.7. The van der Waals surface area contributed by atoms with Crippen molar-refractivity contribution in [3.8, 4) is 0 Å². The van der Waals surface area contributed by atoms with Gasteiger partial charge in [0.05, 0.1) is 12.1 Å². The van der Waals surface area contributed by atoms with E-state index in [0.717, 1.165) is 5.57 Å². The molecule has 6 nitrogen and oxygen atoms in total. The molecular weight excluding hydrogens is 354 g/mol. The topological polar surface area (TPSA) is 72.9 Å². The summed E-state index contributed by atoms with van der Waals surface area (Å²) >= 11 is 1.51. The summed E-state index contributed by atoms with van der Waals surface area (Å²) in [7, 11) is 1.43. The summed E-state index contributed by atoms with van der Waals surface area (Å²) in [6, 6.07) is 0. The first-order chi connectivity index (χ1) is 11.7. The highest BCUT2D eigenvalue weighted by Gasteiger charge is 2.66. The van der Waals surface area contributed by atoms with Crippen LogP contribution in [-0.4, -0.2) is 52.0 Å². The molecule has 0 saturated carbocycles. The molecule has 2 aliphatic heterocycles. The molecule has 7 heteroatoms. The van der Waals surface area contributed by atoms with Crippen molar-refractivity contribution in [1.29, 1.82) is 0 Å². The molecule has 2 heterocycles. The molecule has 0 radical (unpaired) electrons. The third kappa shape index (κ3) is 3.56. The number of esters is 1. The van der Waals surface area contributed by atoms with Crippen LogP contribution in [0.25, 0.3) is 0 Å². The number of β-lactam (4-membered cyclic amide) rings is 1. The zero-order valence-electron chi connectivity index (χ0n) is 16.9. The second-order valence-corrected chi connectivity index (χ2v) is 9.97. The van der Waals surface area contributed by atoms with Gasteiger partial charge < -0.3 is 9.47 Å². The van der Waals surface area contributed by atoms with E-state index in [-0.39, 0.29) is 18.1 Å². The molecule has 0 aromatic heterocycles. The number of thioether (sulfide) groups is 1. The van der Waals surface area contributed by atoms with Gasteiger partial charge in [0.1, 0.15) is 11.0 Å². The molecule has 2 atom stereocenters. The number of hydrogen-bond donors (Lipinski definition) is 0. The van der Waals surface area contributed by atoms with E-state index >= 15 is 0 Å². The van der Waals surface area contributed by atoms with Crippen LogP contribution in [0.4, 0.5) is 0 Å². The molecule has 1 fully saturated rings. The standard InChI is InChI=1S/C19H29NO5S/c1-11-10-26-16-19(24-8,9-12(21)25-18(5,6)7)15(23)20(16)13(11)14(22)17(2,3)4/h16H,9-10H2,1-8H3/t16-,19-/m0/s1. The molecular formula is C19H29NO5S. The highest BCUT2D eigenvalue weighted by atomic mass is 32.2. The molecule has 0 aromatic rings. The van der Waals surface area contributed by atoms with Gasteiger partial charge in [-0.05, 0) is 33.3 Å². The SMILES string of the molecule is CO[C@@]1(CC(=O)OC(C)(C)C)C(=O)N2C(C(=O)C(C)(C)C)=C(C)CS[C@H]21. The van der Waals surface area contributed by atoms with E-state index in [0.29, 0.717) is 11.4 Å².